The lowest BCUT2D eigenvalue weighted by Crippen LogP contribution is -2.52. The first-order valence-corrected chi connectivity index (χ1v) is 6.69. The van der Waals surface area contributed by atoms with Gasteiger partial charge in [0, 0.05) is 38.8 Å². The number of ether oxygens (including phenoxy) is 1. The number of nitrogens with one attached hydrogen (secondary N) is 1. The van der Waals surface area contributed by atoms with E-state index in [-0.39, 0.29) is 6.09 Å². The normalized spacial score (nSPS) is 19.7. The highest BCUT2D eigenvalue weighted by molar-refractivity contribution is 5.68. The predicted octanol–water partition coefficient (Wildman–Crippen LogP) is 1.15. The lowest BCUT2D eigenvalue weighted by atomic mass is 10.2. The Kier molecular flexibility index (Phi) is 5.41. The van der Waals surface area contributed by atoms with Gasteiger partial charge in [0.25, 0.3) is 0 Å². The van der Waals surface area contributed by atoms with Crippen molar-refractivity contribution in [1.29, 1.82) is 0 Å². The summed E-state index contributed by atoms with van der Waals surface area (Å²) in [5.41, 5.74) is -0.408. The van der Waals surface area contributed by atoms with Gasteiger partial charge in [-0.3, -0.25) is 4.90 Å². The van der Waals surface area contributed by atoms with Crippen molar-refractivity contribution in [3.63, 3.8) is 0 Å². The molecule has 0 bridgehead atoms. The molecular weight excluding hydrogens is 230 g/mol. The van der Waals surface area contributed by atoms with Crippen LogP contribution in [0.5, 0.6) is 0 Å². The number of carbonyl (C=O) groups excluding carboxylic acids is 1. The molecule has 1 aliphatic heterocycles. The Labute approximate surface area is 110 Å². The lowest BCUT2D eigenvalue weighted by Gasteiger charge is -2.36. The molecule has 18 heavy (non-hydrogen) atoms. The quantitative estimate of drug-likeness (QED) is 0.824. The number of carbonyl (C=O) groups is 1. The van der Waals surface area contributed by atoms with Crippen molar-refractivity contribution in [1.82, 2.24) is 15.1 Å². The largest absolute Gasteiger partial charge is 0.444 e. The van der Waals surface area contributed by atoms with Crippen molar-refractivity contribution in [3.8, 4) is 0 Å². The van der Waals surface area contributed by atoms with E-state index in [1.165, 1.54) is 0 Å². The third-order valence-corrected chi connectivity index (χ3v) is 3.05. The molecule has 0 aliphatic carbocycles. The van der Waals surface area contributed by atoms with E-state index in [0.717, 1.165) is 32.7 Å². The van der Waals surface area contributed by atoms with Crippen molar-refractivity contribution in [3.05, 3.63) is 0 Å². The molecule has 1 amide bonds. The number of likely N-dealkylation sites (N-methyl/N-ethyl adjacent to an activating group) is 1. The Morgan fingerprint density at radius 1 is 1.28 bits per heavy atom. The average molecular weight is 257 g/mol. The van der Waals surface area contributed by atoms with Gasteiger partial charge in [0.2, 0.25) is 0 Å². The van der Waals surface area contributed by atoms with Crippen molar-refractivity contribution in [2.24, 2.45) is 0 Å². The fourth-order valence-electron chi connectivity index (χ4n) is 1.92. The summed E-state index contributed by atoms with van der Waals surface area (Å²) in [5.74, 6) is 0. The van der Waals surface area contributed by atoms with E-state index in [9.17, 15) is 4.79 Å². The van der Waals surface area contributed by atoms with Crippen LogP contribution in [-0.2, 0) is 4.74 Å². The van der Waals surface area contributed by atoms with Crippen LogP contribution in [0.25, 0.3) is 0 Å². The Morgan fingerprint density at radius 3 is 2.28 bits per heavy atom. The minimum Gasteiger partial charge on any atom is -0.444 e. The molecule has 5 heteroatoms. The summed E-state index contributed by atoms with van der Waals surface area (Å²) in [6, 6.07) is 0.484. The van der Waals surface area contributed by atoms with E-state index in [4.69, 9.17) is 4.74 Å². The fraction of sp³-hybridized carbons (Fsp3) is 0.923. The van der Waals surface area contributed by atoms with E-state index in [1.54, 1.807) is 4.90 Å². The second-order valence-corrected chi connectivity index (χ2v) is 5.96. The SMILES string of the molecule is CNC(C)CN1CCN(C(=O)OC(C)(C)C)CC1. The smallest absolute Gasteiger partial charge is 0.410 e. The van der Waals surface area contributed by atoms with Crippen LogP contribution >= 0.6 is 0 Å². The van der Waals surface area contributed by atoms with E-state index in [2.05, 4.69) is 17.1 Å². The molecule has 1 fully saturated rings. The molecule has 0 radical (unpaired) electrons. The van der Waals surface area contributed by atoms with Crippen LogP contribution in [0.15, 0.2) is 0 Å². The van der Waals surface area contributed by atoms with Crippen LogP contribution in [0.3, 0.4) is 0 Å². The second-order valence-electron chi connectivity index (χ2n) is 5.96. The third kappa shape index (κ3) is 5.23. The summed E-state index contributed by atoms with van der Waals surface area (Å²) in [4.78, 5) is 16.0. The van der Waals surface area contributed by atoms with E-state index in [1.807, 2.05) is 27.8 Å². The molecule has 0 spiro atoms. The van der Waals surface area contributed by atoms with Crippen LogP contribution in [0, 0.1) is 0 Å². The van der Waals surface area contributed by atoms with Gasteiger partial charge >= 0.3 is 6.09 Å². The molecule has 1 saturated heterocycles. The molecule has 0 aromatic heterocycles. The maximum Gasteiger partial charge on any atom is 0.410 e. The molecule has 0 aromatic rings. The van der Waals surface area contributed by atoms with Crippen molar-refractivity contribution in [2.75, 3.05) is 39.8 Å². The zero-order valence-electron chi connectivity index (χ0n) is 12.3. The first-order chi connectivity index (χ1) is 8.31. The van der Waals surface area contributed by atoms with Gasteiger partial charge in [0.05, 0.1) is 0 Å². The maximum absolute atomic E-state index is 11.9. The Morgan fingerprint density at radius 2 is 1.83 bits per heavy atom. The first kappa shape index (κ1) is 15.2. The third-order valence-electron chi connectivity index (χ3n) is 3.05. The minimum absolute atomic E-state index is 0.191. The Bertz CT molecular complexity index is 268. The summed E-state index contributed by atoms with van der Waals surface area (Å²) >= 11 is 0. The maximum atomic E-state index is 11.9. The molecule has 1 N–H and O–H groups in total. The monoisotopic (exact) mass is 257 g/mol. The van der Waals surface area contributed by atoms with Gasteiger partial charge in [-0.1, -0.05) is 0 Å². The molecular formula is C13H27N3O2. The van der Waals surface area contributed by atoms with E-state index >= 15 is 0 Å². The summed E-state index contributed by atoms with van der Waals surface area (Å²) < 4.78 is 5.37. The number of nitrogens with zero attached hydrogens (tertiary/aromatic N) is 2. The van der Waals surface area contributed by atoms with Crippen LogP contribution in [0.1, 0.15) is 27.7 Å². The lowest BCUT2D eigenvalue weighted by molar-refractivity contribution is 0.0140. The number of rotatable bonds is 3. The topological polar surface area (TPSA) is 44.8 Å². The molecule has 0 aromatic carbocycles. The summed E-state index contributed by atoms with van der Waals surface area (Å²) in [6.45, 7) is 12.2. The van der Waals surface area contributed by atoms with Crippen molar-refractivity contribution < 1.29 is 9.53 Å². The molecule has 1 unspecified atom stereocenters. The standard InChI is InChI=1S/C13H27N3O2/c1-11(14-5)10-15-6-8-16(9-7-15)12(17)18-13(2,3)4/h11,14H,6-10H2,1-5H3. The highest BCUT2D eigenvalue weighted by Crippen LogP contribution is 2.11. The highest BCUT2D eigenvalue weighted by atomic mass is 16.6. The molecule has 0 saturated carbocycles. The Balaban J connectivity index is 2.33. The fourth-order valence-corrected chi connectivity index (χ4v) is 1.92. The molecule has 106 valence electrons. The molecule has 1 atom stereocenters. The number of hydrogen-bond donors (Lipinski definition) is 1. The van der Waals surface area contributed by atoms with Crippen molar-refractivity contribution >= 4 is 6.09 Å². The predicted molar refractivity (Wildman–Crippen MR) is 72.8 cm³/mol. The molecule has 1 heterocycles. The van der Waals surface area contributed by atoms with Gasteiger partial charge in [-0.15, -0.1) is 0 Å². The van der Waals surface area contributed by atoms with Gasteiger partial charge < -0.3 is 15.0 Å². The first-order valence-electron chi connectivity index (χ1n) is 6.69. The van der Waals surface area contributed by atoms with Crippen LogP contribution in [0.4, 0.5) is 4.79 Å². The number of piperazine rings is 1. The van der Waals surface area contributed by atoms with Gasteiger partial charge in [-0.05, 0) is 34.7 Å². The summed E-state index contributed by atoms with van der Waals surface area (Å²) in [7, 11) is 1.97. The second kappa shape index (κ2) is 6.38. The highest BCUT2D eigenvalue weighted by Gasteiger charge is 2.25. The van der Waals surface area contributed by atoms with Crippen LogP contribution in [0.2, 0.25) is 0 Å². The van der Waals surface area contributed by atoms with Crippen molar-refractivity contribution in [2.45, 2.75) is 39.3 Å². The summed E-state index contributed by atoms with van der Waals surface area (Å²) in [6.07, 6.45) is -0.191. The number of hydrogen-bond acceptors (Lipinski definition) is 4. The zero-order valence-corrected chi connectivity index (χ0v) is 12.3. The van der Waals surface area contributed by atoms with Gasteiger partial charge in [-0.25, -0.2) is 4.79 Å². The molecule has 1 aliphatic rings. The van der Waals surface area contributed by atoms with E-state index < -0.39 is 5.60 Å². The van der Waals surface area contributed by atoms with E-state index in [0.29, 0.717) is 6.04 Å². The minimum atomic E-state index is -0.408. The molecule has 5 nitrogen and oxygen atoms in total. The van der Waals surface area contributed by atoms with Gasteiger partial charge in [0.1, 0.15) is 5.60 Å². The van der Waals surface area contributed by atoms with Crippen LogP contribution < -0.4 is 5.32 Å². The Hall–Kier alpha value is -0.810. The number of amides is 1. The average Bonchev–Trinajstić information content (AvgIpc) is 2.27. The summed E-state index contributed by atoms with van der Waals surface area (Å²) in [5, 5.41) is 3.23. The van der Waals surface area contributed by atoms with Gasteiger partial charge in [-0.2, -0.15) is 0 Å². The zero-order chi connectivity index (χ0) is 13.8. The van der Waals surface area contributed by atoms with Crippen LogP contribution in [-0.4, -0.2) is 67.3 Å². The van der Waals surface area contributed by atoms with Gasteiger partial charge in [0.15, 0.2) is 0 Å². The molecule has 1 rings (SSSR count).